The zero-order chi connectivity index (χ0) is 75.5. The van der Waals surface area contributed by atoms with Gasteiger partial charge in [-0.3, -0.25) is 24.0 Å². The SMILES string of the molecule is C=CCCCCCC/C=C/[C@@H]1C[C@H](C=C)[C@@H]2C(=O)N(c3cccc4c(-c5c([CH2-])ccc6c(N7C(=O)[C@@H]8[C@H](C7=O)[C@H](C=C)C[C@@H]8/C=C/CCCCCCC=C)cccc56)c([PH+](c5ccccc5)c5ccccc5)ccc34)C(=O)[C@@H]21.CC(=O)c1cccc2ccccc12.CC(O)c1cccc2ccccc12.[CH3-].[CH3-].[Cl][Ru][Cl]. The first kappa shape index (κ1) is 84.1. The van der Waals surface area contributed by atoms with E-state index in [1.165, 1.54) is 38.6 Å². The van der Waals surface area contributed by atoms with Crippen molar-refractivity contribution in [2.45, 2.75) is 110 Å². The number of fused-ring (bicyclic) bond motifs is 6. The molecule has 12 heteroatoms. The van der Waals surface area contributed by atoms with Gasteiger partial charge >= 0.3 is 34.5 Å². The Bertz CT molecular complexity index is 4870. The first-order valence-corrected chi connectivity index (χ1v) is 43.7. The van der Waals surface area contributed by atoms with E-state index in [1.54, 1.807) is 13.8 Å². The standard InChI is InChI=1S/C71H74N2O4P.C12H12O.C12H10O.2CH3.2ClH.Ru/c1-6-10-12-14-16-18-20-24-32-51-46-49(8-3)63-65(51)70(76)72(68(63)74)59-40-30-38-57-55(59)43-42-48(5)62(57)67-58-39-31-41-60(56(58)44-45-61(67)78(53-34-26-22-27-35-53)54-36-28-23-29-37-54)73-69(75)64-50(9-4)47-52(66(64)71(73)77)33-25-21-19-17-15-13-11-7-2;2*1-9(13)11-8-4-6-10-5-2-3-7-12(10)11;;;;;/h6-9,22-45,49-52,63-66H,1-5,10-21,46-47H2;2-9,13H,1H3;2-8H,1H3;2*1H3;2*1H;/q-1;;;2*-1;;;+2/p-1/b32-24+,33-25+;;;;;;;/t49-,50+,51+,52-,63-,64+,65+,66-;;;;;;;/m1......./s1. The van der Waals surface area contributed by atoms with Crippen LogP contribution in [0.1, 0.15) is 131 Å². The minimum absolute atomic E-state index is 0. The molecule has 1 unspecified atom stereocenters. The third kappa shape index (κ3) is 18.8. The normalized spacial score (nSPS) is 19.4. The van der Waals surface area contributed by atoms with E-state index in [2.05, 4.69) is 136 Å². The fraction of sp³-hybridized carbons (Fsp3) is 0.258. The summed E-state index contributed by atoms with van der Waals surface area (Å²) in [6.45, 7) is 24.2. The Balaban J connectivity index is 0.000000365. The van der Waals surface area contributed by atoms with Gasteiger partial charge in [-0.1, -0.05) is 225 Å². The van der Waals surface area contributed by atoms with Crippen LogP contribution in [0.5, 0.6) is 0 Å². The molecule has 0 spiro atoms. The summed E-state index contributed by atoms with van der Waals surface area (Å²) in [6, 6.07) is 69.4. The maximum atomic E-state index is 15.1. The van der Waals surface area contributed by atoms with Crippen LogP contribution in [-0.2, 0) is 34.3 Å². The molecule has 14 rings (SSSR count). The van der Waals surface area contributed by atoms with Crippen molar-refractivity contribution in [3.05, 3.63) is 320 Å². The molecule has 566 valence electrons. The number of nitrogens with zero attached hydrogens (tertiary/aromatic N) is 2. The van der Waals surface area contributed by atoms with E-state index in [4.69, 9.17) is 26.3 Å². The Hall–Kier alpha value is -8.91. The minimum atomic E-state index is -1.75. The van der Waals surface area contributed by atoms with Crippen LogP contribution in [0.15, 0.2) is 281 Å². The zero-order valence-electron chi connectivity index (χ0n) is 63.4. The molecule has 10 aromatic rings. The van der Waals surface area contributed by atoms with Gasteiger partial charge in [0.1, 0.15) is 10.6 Å². The van der Waals surface area contributed by atoms with E-state index >= 15 is 14.4 Å². The van der Waals surface area contributed by atoms with Crippen LogP contribution in [0.3, 0.4) is 0 Å². The summed E-state index contributed by atoms with van der Waals surface area (Å²) in [4.78, 5) is 74.3. The fourth-order valence-corrected chi connectivity index (χ4v) is 19.6. The summed E-state index contributed by atoms with van der Waals surface area (Å²) in [6.07, 6.45) is 30.7. The second kappa shape index (κ2) is 40.7. The van der Waals surface area contributed by atoms with Gasteiger partial charge in [0.15, 0.2) is 5.78 Å². The van der Waals surface area contributed by atoms with E-state index in [9.17, 15) is 14.7 Å². The van der Waals surface area contributed by atoms with E-state index in [0.29, 0.717) is 11.4 Å². The molecule has 2 saturated carbocycles. The summed E-state index contributed by atoms with van der Waals surface area (Å²) >= 11 is -0.346. The number of unbranched alkanes of at least 4 members (excludes halogenated alkanes) is 10. The third-order valence-electron chi connectivity index (χ3n) is 21.9. The van der Waals surface area contributed by atoms with Gasteiger partial charge < -0.3 is 20.0 Å². The number of allylic oxidation sites excluding steroid dienone is 8. The molecule has 4 amide bonds. The van der Waals surface area contributed by atoms with Crippen LogP contribution in [0, 0.1) is 69.1 Å². The average Bonchev–Trinajstić information content (AvgIpc) is 1.70. The number of benzene rings is 10. The number of rotatable bonds is 26. The van der Waals surface area contributed by atoms with Crippen LogP contribution in [0.2, 0.25) is 0 Å². The van der Waals surface area contributed by atoms with Gasteiger partial charge in [-0.25, -0.2) is 9.80 Å². The van der Waals surface area contributed by atoms with Crippen LogP contribution in [0.25, 0.3) is 54.2 Å². The van der Waals surface area contributed by atoms with Crippen molar-refractivity contribution < 1.29 is 44.2 Å². The summed E-state index contributed by atoms with van der Waals surface area (Å²) in [5, 5.41) is 20.8. The molecular weight excluding hydrogens is 1490 g/mol. The summed E-state index contributed by atoms with van der Waals surface area (Å²) in [5.41, 5.74) is 5.53. The van der Waals surface area contributed by atoms with Gasteiger partial charge in [-0.2, -0.15) is 18.6 Å². The first-order chi connectivity index (χ1) is 52.2. The van der Waals surface area contributed by atoms with Gasteiger partial charge in [0, 0.05) is 10.9 Å². The molecule has 2 saturated heterocycles. The monoisotopic (exact) mass is 1590 g/mol. The maximum absolute atomic E-state index is 15.1. The fourth-order valence-electron chi connectivity index (χ4n) is 16.9. The predicted octanol–water partition coefficient (Wildman–Crippen LogP) is 23.6. The Morgan fingerprint density at radius 1 is 0.477 bits per heavy atom. The summed E-state index contributed by atoms with van der Waals surface area (Å²) < 4.78 is 0. The average molecular weight is 1600 g/mol. The number of hydrogen-bond acceptors (Lipinski definition) is 6. The number of aliphatic hydroxyl groups excluding tert-OH is 1. The van der Waals surface area contributed by atoms with Gasteiger partial charge in [0.2, 0.25) is 23.6 Å². The number of Topliss-reactive ketones (excluding diaryl/α,β-unsaturated/α-hetero) is 1. The molecule has 0 radical (unpaired) electrons. The van der Waals surface area contributed by atoms with Crippen molar-refractivity contribution in [3.63, 3.8) is 0 Å². The first-order valence-electron chi connectivity index (χ1n) is 37.7. The van der Waals surface area contributed by atoms with Gasteiger partial charge in [-0.15, -0.1) is 37.9 Å². The molecule has 8 nitrogen and oxygen atoms in total. The van der Waals surface area contributed by atoms with E-state index < -0.39 is 37.7 Å². The number of anilines is 2. The van der Waals surface area contributed by atoms with Gasteiger partial charge in [-0.05, 0) is 194 Å². The zero-order valence-corrected chi connectivity index (χ0v) is 67.6. The van der Waals surface area contributed by atoms with Crippen molar-refractivity contribution in [3.8, 4) is 11.1 Å². The molecule has 4 fully saturated rings. The number of carbonyl (C=O) groups excluding carboxylic acids is 5. The van der Waals surface area contributed by atoms with Gasteiger partial charge in [0.05, 0.1) is 54.4 Å². The molecule has 0 aromatic heterocycles. The van der Waals surface area contributed by atoms with Crippen LogP contribution >= 0.6 is 27.3 Å². The van der Waals surface area contributed by atoms with Crippen molar-refractivity contribution in [1.29, 1.82) is 0 Å². The van der Waals surface area contributed by atoms with E-state index in [1.807, 2.05) is 146 Å². The van der Waals surface area contributed by atoms with E-state index in [-0.39, 0.29) is 83.1 Å². The topological polar surface area (TPSA) is 112 Å². The van der Waals surface area contributed by atoms with Crippen molar-refractivity contribution in [2.75, 3.05) is 9.80 Å². The Kier molecular flexibility index (Phi) is 31.4. The molecule has 1 N–H and O–H groups in total. The molecule has 109 heavy (non-hydrogen) atoms. The second-order valence-corrected chi connectivity index (χ2v) is 33.5. The number of aliphatic hydroxyl groups is 1. The van der Waals surface area contributed by atoms with Crippen molar-refractivity contribution >= 4 is 127 Å². The van der Waals surface area contributed by atoms with E-state index in [0.717, 1.165) is 148 Å². The summed E-state index contributed by atoms with van der Waals surface area (Å²) in [5.74, 6) is -2.82. The Morgan fingerprint density at radius 2 is 0.862 bits per heavy atom. The van der Waals surface area contributed by atoms with Gasteiger partial charge in [0.25, 0.3) is 0 Å². The predicted molar refractivity (Wildman–Crippen MR) is 461 cm³/mol. The Morgan fingerprint density at radius 3 is 1.32 bits per heavy atom. The van der Waals surface area contributed by atoms with Crippen LogP contribution in [-0.4, -0.2) is 34.5 Å². The van der Waals surface area contributed by atoms with Crippen LogP contribution in [0.4, 0.5) is 11.4 Å². The molecule has 2 heterocycles. The number of ketones is 1. The number of hydrogen-bond donors (Lipinski definition) is 1. The van der Waals surface area contributed by atoms with Crippen molar-refractivity contribution in [2.24, 2.45) is 47.3 Å². The number of imide groups is 2. The molecule has 0 bridgehead atoms. The Labute approximate surface area is 664 Å². The number of halogens is 2. The molecule has 2 aliphatic carbocycles. The molecule has 4 aliphatic rings. The quantitative estimate of drug-likeness (QED) is 0.0110. The number of carbonyl (C=O) groups is 5. The third-order valence-corrected chi connectivity index (χ3v) is 24.7. The summed E-state index contributed by atoms with van der Waals surface area (Å²) in [7, 11) is 7.96. The molecular formula is C97H103Cl2N2O6PRu-2. The molecule has 9 atom stereocenters. The van der Waals surface area contributed by atoms with Crippen LogP contribution < -0.4 is 25.7 Å². The molecule has 2 aliphatic heterocycles. The number of amides is 4. The van der Waals surface area contributed by atoms with Crippen molar-refractivity contribution in [1.82, 2.24) is 0 Å². The second-order valence-electron chi connectivity index (χ2n) is 28.5. The molecule has 10 aromatic carbocycles.